The Hall–Kier alpha value is -10.0. The first-order valence-electron chi connectivity index (χ1n) is 29.8. The number of nitrogens with one attached hydrogen (secondary N) is 4. The van der Waals surface area contributed by atoms with Crippen LogP contribution in [0.3, 0.4) is 0 Å². The molecule has 5 aromatic carbocycles. The minimum absolute atomic E-state index is 0. The summed E-state index contributed by atoms with van der Waals surface area (Å²) in [5, 5.41) is 21.9. The van der Waals surface area contributed by atoms with Gasteiger partial charge in [0.2, 0.25) is 49.4 Å². The van der Waals surface area contributed by atoms with Crippen LogP contribution in [-0.4, -0.2) is 170 Å². The van der Waals surface area contributed by atoms with Crippen LogP contribution in [0.5, 0.6) is 23.7 Å². The normalized spacial score (nSPS) is 12.3. The van der Waals surface area contributed by atoms with Gasteiger partial charge in [-0.25, -0.2) is 72.0 Å². The number of hydrogen-bond donors (Lipinski definition) is 5. The molecule has 44 heteroatoms. The number of hydrogen-bond acceptors (Lipinski definition) is 29. The van der Waals surface area contributed by atoms with Gasteiger partial charge in [0.15, 0.2) is 33.1 Å². The van der Waals surface area contributed by atoms with Gasteiger partial charge in [-0.1, -0.05) is 71.9 Å². The van der Waals surface area contributed by atoms with Gasteiger partial charge in [0.25, 0.3) is 10.0 Å². The number of alkyl halides is 3. The second kappa shape index (κ2) is 37.5. The van der Waals surface area contributed by atoms with Crippen LogP contribution < -0.4 is 63.8 Å². The van der Waals surface area contributed by atoms with Crippen molar-refractivity contribution in [2.24, 2.45) is 12.2 Å². The van der Waals surface area contributed by atoms with E-state index >= 15 is 0 Å². The summed E-state index contributed by atoms with van der Waals surface area (Å²) in [4.78, 5) is 95.8. The molecule has 566 valence electrons. The van der Waals surface area contributed by atoms with E-state index in [1.54, 1.807) is 11.6 Å². The monoisotopic (exact) mass is 1690 g/mol. The Morgan fingerprint density at radius 3 is 1.73 bits per heavy atom. The number of sulfonamides is 3. The summed E-state index contributed by atoms with van der Waals surface area (Å²) in [6.07, 6.45) is -2.77. The SMILES string of the molecule is CCOC(=O)C1=NOC(c2ccccc2)(c2ccccc2)C1.COC(=O)c1ccc(CNS(C)(=O)=O)cc1S(=O)(=O)NC(=O)Nc1nc(OC)cc(OC)n1.COC(=O)c1ccc(I)cc1S(=O)(=O)[N-]C(=O)Nc1nc(C)nc(OC)n1.Cc1nn(C)c(O)c1C(=O)c1ccc(C(F)(F)F)cc1S(C)(=O)=O.[Na+]. The van der Waals surface area contributed by atoms with Crippen molar-refractivity contribution in [3.05, 3.63) is 186 Å². The fourth-order valence-corrected chi connectivity index (χ4v) is 13.4. The number of urea groups is 2. The molecule has 4 heterocycles. The Balaban J connectivity index is 0.000000258. The molecule has 0 fully saturated rings. The molecule has 8 aromatic rings. The van der Waals surface area contributed by atoms with Crippen molar-refractivity contribution in [1.29, 1.82) is 0 Å². The average molecular weight is 1690 g/mol. The number of ketones is 1. The van der Waals surface area contributed by atoms with Crippen molar-refractivity contribution in [2.45, 2.75) is 60.2 Å². The largest absolute Gasteiger partial charge is 1.00 e. The maximum atomic E-state index is 12.9. The summed E-state index contributed by atoms with van der Waals surface area (Å²) < 4.78 is 173. The summed E-state index contributed by atoms with van der Waals surface area (Å²) >= 11 is 1.86. The molecule has 35 nitrogen and oxygen atoms in total. The number of anilines is 2. The van der Waals surface area contributed by atoms with Gasteiger partial charge in [-0.05, 0) is 97.5 Å². The van der Waals surface area contributed by atoms with E-state index in [2.05, 4.69) is 64.7 Å². The van der Waals surface area contributed by atoms with E-state index < -0.39 is 119 Å². The molecule has 0 saturated carbocycles. The van der Waals surface area contributed by atoms with Gasteiger partial charge < -0.3 is 48.4 Å². The summed E-state index contributed by atoms with van der Waals surface area (Å²) in [5.41, 5.74) is -0.736. The number of methoxy groups -OCH3 is 5. The van der Waals surface area contributed by atoms with Crippen LogP contribution >= 0.6 is 22.6 Å². The number of aryl methyl sites for hydroxylation is 3. The van der Waals surface area contributed by atoms with Crippen LogP contribution in [0.1, 0.15) is 83.8 Å². The van der Waals surface area contributed by atoms with Crippen LogP contribution in [0, 0.1) is 17.4 Å². The first-order chi connectivity index (χ1) is 49.6. The third-order valence-corrected chi connectivity index (χ3v) is 19.0. The van der Waals surface area contributed by atoms with Crippen LogP contribution in [0.2, 0.25) is 0 Å². The molecule has 1 aliphatic rings. The predicted octanol–water partition coefficient (Wildman–Crippen LogP) is 4.08. The molecular formula is C63H64F3IN13NaO22S4. The summed E-state index contributed by atoms with van der Waals surface area (Å²) in [5.74, 6) is -3.95. The molecule has 0 unspecified atom stereocenters. The molecule has 1 aliphatic heterocycles. The number of ether oxygens (including phenoxy) is 6. The Kier molecular flexibility index (Phi) is 30.7. The van der Waals surface area contributed by atoms with Crippen molar-refractivity contribution < 1.29 is 144 Å². The predicted molar refractivity (Wildman–Crippen MR) is 376 cm³/mol. The average Bonchev–Trinajstić information content (AvgIpc) is 1.67. The molecule has 3 aromatic heterocycles. The van der Waals surface area contributed by atoms with Crippen molar-refractivity contribution >= 4 is 116 Å². The van der Waals surface area contributed by atoms with E-state index in [9.17, 15) is 80.7 Å². The number of aromatic hydroxyl groups is 1. The van der Waals surface area contributed by atoms with Gasteiger partial charge in [-0.2, -0.15) is 38.2 Å². The molecular weight excluding hydrogens is 1630 g/mol. The topological polar surface area (TPSA) is 481 Å². The maximum absolute atomic E-state index is 12.9. The van der Waals surface area contributed by atoms with E-state index in [-0.39, 0.29) is 99.5 Å². The fourth-order valence-electron chi connectivity index (χ4n) is 9.12. The number of aromatic nitrogens is 7. The number of halogens is 4. The molecule has 0 aliphatic carbocycles. The van der Waals surface area contributed by atoms with Gasteiger partial charge in [0, 0.05) is 40.1 Å². The minimum Gasteiger partial charge on any atom is -0.493 e. The number of nitrogens with zero attached hydrogens (tertiary/aromatic N) is 9. The molecule has 0 atom stereocenters. The second-order valence-corrected chi connectivity index (χ2v) is 29.7. The quantitative estimate of drug-likeness (QED) is 0.0222. The molecule has 4 amide bonds. The first kappa shape index (κ1) is 87.6. The van der Waals surface area contributed by atoms with Gasteiger partial charge >= 0.3 is 65.7 Å². The van der Waals surface area contributed by atoms with Crippen LogP contribution in [-0.2, 0) is 89.1 Å². The zero-order valence-corrected chi connectivity index (χ0v) is 65.8. The Bertz CT molecular complexity index is 5090. The maximum Gasteiger partial charge on any atom is 1.00 e. The summed E-state index contributed by atoms with van der Waals surface area (Å²) in [6.45, 7) is 4.78. The number of benzene rings is 5. The van der Waals surface area contributed by atoms with E-state index in [1.807, 2.05) is 83.3 Å². The van der Waals surface area contributed by atoms with Gasteiger partial charge in [-0.15, -0.1) is 0 Å². The molecule has 0 spiro atoms. The number of sulfone groups is 1. The first-order valence-corrected chi connectivity index (χ1v) is 37.5. The van der Waals surface area contributed by atoms with Crippen molar-refractivity contribution in [1.82, 2.24) is 44.1 Å². The molecule has 0 bridgehead atoms. The minimum atomic E-state index is -4.76. The fraction of sp³-hybridized carbons (Fsp3) is 0.254. The number of carbonyl (C=O) groups excluding carboxylic acids is 6. The summed E-state index contributed by atoms with van der Waals surface area (Å²) in [6, 6.07) is 27.7. The second-order valence-electron chi connectivity index (χ2n) is 21.4. The number of amides is 4. The molecule has 0 saturated heterocycles. The van der Waals surface area contributed by atoms with Gasteiger partial charge in [0.05, 0.1) is 93.1 Å². The Morgan fingerprint density at radius 1 is 0.673 bits per heavy atom. The van der Waals surface area contributed by atoms with E-state index in [4.69, 9.17) is 23.8 Å². The number of carbonyl (C=O) groups is 6. The zero-order valence-electron chi connectivity index (χ0n) is 58.4. The third-order valence-electron chi connectivity index (χ3n) is 13.9. The smallest absolute Gasteiger partial charge is 0.493 e. The standard InChI is InChI=1S/C18H17NO3.C17H21N5O9S2.C14H13F3N2O4S.C14H14IN5O6S.Na/c1-2-21-17(20)16-13-18(22-19-16,14-9-5-3-6-10-14)15-11-7-4-8-12-15;1-29-13-8-14(30-2)20-16(19-13)21-17(24)22-33(27,28)12-7-10(9-18-32(4,25)26)5-6-11(12)15(23)31-3;1-7-11(13(21)19(2)18-7)12(20)9-5-4-8(14(15,16)17)6-10(9)24(3,22)23;1-7-16-12(19-14(17-7)26-3)18-13(22)20-27(23,24)10-6-8(15)4-5-9(10)11(21)25-2;/h3-12H,2,13H2,1H3;5-8,18H,9H2,1-4H3,(H2,19,20,21,22,24);4-6,21H,1-3H3;4-6H,1-3H3,(H2,16,17,18,19,20,22);/q;;;;+1/p-1. The Morgan fingerprint density at radius 2 is 1.22 bits per heavy atom. The molecule has 107 heavy (non-hydrogen) atoms. The van der Waals surface area contributed by atoms with Gasteiger partial charge in [0.1, 0.15) is 16.3 Å². The number of esters is 3. The number of oxime groups is 1. The Labute approximate surface area is 645 Å². The molecule has 5 N–H and O–H groups in total. The number of rotatable bonds is 21. The van der Waals surface area contributed by atoms with Crippen molar-refractivity contribution in [2.75, 3.05) is 65.3 Å². The van der Waals surface area contributed by atoms with Crippen LogP contribution in [0.15, 0.2) is 141 Å². The third kappa shape index (κ3) is 23.7. The molecule has 0 radical (unpaired) electrons. The molecule has 9 rings (SSSR count). The van der Waals surface area contributed by atoms with E-state index in [1.165, 1.54) is 72.6 Å². The van der Waals surface area contributed by atoms with E-state index in [0.717, 1.165) is 54.5 Å². The van der Waals surface area contributed by atoms with E-state index in [0.29, 0.717) is 40.7 Å². The van der Waals surface area contributed by atoms with Crippen LogP contribution in [0.25, 0.3) is 4.72 Å². The van der Waals surface area contributed by atoms with Crippen LogP contribution in [0.4, 0.5) is 34.7 Å². The van der Waals surface area contributed by atoms with Crippen molar-refractivity contribution in [3.8, 4) is 23.7 Å². The zero-order chi connectivity index (χ0) is 78.9. The summed E-state index contributed by atoms with van der Waals surface area (Å²) in [7, 11) is -9.36. The van der Waals surface area contributed by atoms with Gasteiger partial charge in [-0.3, -0.25) is 14.9 Å². The van der Waals surface area contributed by atoms with Crippen molar-refractivity contribution in [3.63, 3.8) is 0 Å².